The summed E-state index contributed by atoms with van der Waals surface area (Å²) in [6.45, 7) is 1.66. The Bertz CT molecular complexity index is 902. The summed E-state index contributed by atoms with van der Waals surface area (Å²) < 4.78 is 5.56. The molecule has 0 heterocycles. The van der Waals surface area contributed by atoms with Gasteiger partial charge in [-0.05, 0) is 42.0 Å². The van der Waals surface area contributed by atoms with Gasteiger partial charge < -0.3 is 4.74 Å². The van der Waals surface area contributed by atoms with Crippen LogP contribution in [0.3, 0.4) is 0 Å². The normalized spacial score (nSPS) is 12.2. The van der Waals surface area contributed by atoms with E-state index >= 15 is 0 Å². The SMILES string of the molecule is CC(Oc1ccc(Cl)cc1)C(=O)N/N=C/c1cccc2ccccc12. The van der Waals surface area contributed by atoms with Crippen molar-refractivity contribution < 1.29 is 9.53 Å². The topological polar surface area (TPSA) is 50.7 Å². The highest BCUT2D eigenvalue weighted by Gasteiger charge is 2.13. The number of halogens is 1. The van der Waals surface area contributed by atoms with Crippen molar-refractivity contribution in [3.05, 3.63) is 77.3 Å². The smallest absolute Gasteiger partial charge is 0.280 e. The van der Waals surface area contributed by atoms with Gasteiger partial charge in [-0.2, -0.15) is 5.10 Å². The van der Waals surface area contributed by atoms with Crippen LogP contribution in [0.1, 0.15) is 12.5 Å². The second kappa shape index (κ2) is 7.81. The number of rotatable bonds is 5. The molecule has 1 unspecified atom stereocenters. The minimum atomic E-state index is -0.675. The first-order valence-electron chi connectivity index (χ1n) is 7.86. The Morgan fingerprint density at radius 1 is 1.08 bits per heavy atom. The second-order valence-corrected chi connectivity index (χ2v) is 5.95. The lowest BCUT2D eigenvalue weighted by atomic mass is 10.1. The monoisotopic (exact) mass is 352 g/mol. The van der Waals surface area contributed by atoms with Gasteiger partial charge in [-0.15, -0.1) is 0 Å². The van der Waals surface area contributed by atoms with Crippen LogP contribution in [0.15, 0.2) is 71.8 Å². The molecular weight excluding hydrogens is 336 g/mol. The van der Waals surface area contributed by atoms with Gasteiger partial charge in [0.1, 0.15) is 5.75 Å². The number of hydrazone groups is 1. The molecule has 0 bridgehead atoms. The Hall–Kier alpha value is -2.85. The van der Waals surface area contributed by atoms with Gasteiger partial charge in [-0.3, -0.25) is 4.79 Å². The fraction of sp³-hybridized carbons (Fsp3) is 0.100. The number of hydrogen-bond donors (Lipinski definition) is 1. The summed E-state index contributed by atoms with van der Waals surface area (Å²) in [5, 5.41) is 6.86. The number of nitrogens with zero attached hydrogens (tertiary/aromatic N) is 1. The van der Waals surface area contributed by atoms with Crippen molar-refractivity contribution >= 4 is 34.5 Å². The molecule has 25 heavy (non-hydrogen) atoms. The molecule has 1 amide bonds. The summed E-state index contributed by atoms with van der Waals surface area (Å²) in [7, 11) is 0. The van der Waals surface area contributed by atoms with E-state index in [1.165, 1.54) is 0 Å². The van der Waals surface area contributed by atoms with E-state index in [-0.39, 0.29) is 5.91 Å². The standard InChI is InChI=1S/C20H17ClN2O2/c1-14(25-18-11-9-17(21)10-12-18)20(24)23-22-13-16-7-4-6-15-5-2-3-8-19(15)16/h2-14H,1H3,(H,23,24)/b22-13+. The van der Waals surface area contributed by atoms with Gasteiger partial charge in [0.2, 0.25) is 0 Å². The number of carbonyl (C=O) groups excluding carboxylic acids is 1. The molecule has 0 spiro atoms. The molecule has 3 aromatic rings. The van der Waals surface area contributed by atoms with Crippen LogP contribution in [-0.4, -0.2) is 18.2 Å². The number of amides is 1. The van der Waals surface area contributed by atoms with Gasteiger partial charge in [0, 0.05) is 10.6 Å². The Morgan fingerprint density at radius 2 is 1.80 bits per heavy atom. The maximum atomic E-state index is 12.1. The number of benzene rings is 3. The largest absolute Gasteiger partial charge is 0.481 e. The third-order valence-electron chi connectivity index (χ3n) is 3.70. The van der Waals surface area contributed by atoms with Gasteiger partial charge in [-0.25, -0.2) is 5.43 Å². The lowest BCUT2D eigenvalue weighted by Gasteiger charge is -2.12. The molecule has 0 fully saturated rings. The molecule has 1 N–H and O–H groups in total. The number of ether oxygens (including phenoxy) is 1. The van der Waals surface area contributed by atoms with Crippen molar-refractivity contribution in [3.8, 4) is 5.75 Å². The highest BCUT2D eigenvalue weighted by atomic mass is 35.5. The zero-order chi connectivity index (χ0) is 17.6. The van der Waals surface area contributed by atoms with Gasteiger partial charge in [0.15, 0.2) is 6.10 Å². The van der Waals surface area contributed by atoms with Crippen molar-refractivity contribution in [2.24, 2.45) is 5.10 Å². The van der Waals surface area contributed by atoms with Crippen LogP contribution in [0, 0.1) is 0 Å². The lowest BCUT2D eigenvalue weighted by Crippen LogP contribution is -2.33. The van der Waals surface area contributed by atoms with Gasteiger partial charge >= 0.3 is 0 Å². The number of carbonyl (C=O) groups is 1. The molecule has 0 aromatic heterocycles. The van der Waals surface area contributed by atoms with Crippen LogP contribution in [-0.2, 0) is 4.79 Å². The quantitative estimate of drug-likeness (QED) is 0.546. The van der Waals surface area contributed by atoms with Crippen LogP contribution in [0.2, 0.25) is 5.02 Å². The minimum absolute atomic E-state index is 0.327. The molecule has 0 saturated carbocycles. The van der Waals surface area contributed by atoms with Crippen LogP contribution in [0.4, 0.5) is 0 Å². The fourth-order valence-electron chi connectivity index (χ4n) is 2.39. The average molecular weight is 353 g/mol. The van der Waals surface area contributed by atoms with E-state index in [1.54, 1.807) is 37.4 Å². The summed E-state index contributed by atoms with van der Waals surface area (Å²) >= 11 is 5.82. The van der Waals surface area contributed by atoms with E-state index in [1.807, 2.05) is 42.5 Å². The Morgan fingerprint density at radius 3 is 2.60 bits per heavy atom. The summed E-state index contributed by atoms with van der Waals surface area (Å²) in [6, 6.07) is 20.8. The predicted octanol–water partition coefficient (Wildman–Crippen LogP) is 4.41. The predicted molar refractivity (Wildman–Crippen MR) is 101 cm³/mol. The Balaban J connectivity index is 1.62. The van der Waals surface area contributed by atoms with Gasteiger partial charge in [0.25, 0.3) is 5.91 Å². The highest BCUT2D eigenvalue weighted by Crippen LogP contribution is 2.17. The third-order valence-corrected chi connectivity index (χ3v) is 3.95. The van der Waals surface area contributed by atoms with Gasteiger partial charge in [0.05, 0.1) is 6.21 Å². The first kappa shape index (κ1) is 17.0. The Kier molecular flexibility index (Phi) is 5.31. The average Bonchev–Trinajstić information content (AvgIpc) is 2.63. The van der Waals surface area contributed by atoms with E-state index in [9.17, 15) is 4.79 Å². The molecule has 0 radical (unpaired) electrons. The molecule has 5 heteroatoms. The Labute approximate surface area is 151 Å². The molecule has 126 valence electrons. The maximum Gasteiger partial charge on any atom is 0.280 e. The van der Waals surface area contributed by atoms with Crippen LogP contribution < -0.4 is 10.2 Å². The molecule has 1 atom stereocenters. The van der Waals surface area contributed by atoms with Crippen molar-refractivity contribution in [2.75, 3.05) is 0 Å². The van der Waals surface area contributed by atoms with Crippen molar-refractivity contribution in [1.29, 1.82) is 0 Å². The fourth-order valence-corrected chi connectivity index (χ4v) is 2.52. The molecule has 0 aliphatic carbocycles. The van der Waals surface area contributed by atoms with Crippen LogP contribution in [0.5, 0.6) is 5.75 Å². The van der Waals surface area contributed by atoms with E-state index < -0.39 is 6.10 Å². The second-order valence-electron chi connectivity index (χ2n) is 5.52. The third kappa shape index (κ3) is 4.37. The zero-order valence-electron chi connectivity index (χ0n) is 13.6. The molecule has 0 saturated heterocycles. The van der Waals surface area contributed by atoms with Crippen LogP contribution >= 0.6 is 11.6 Å². The zero-order valence-corrected chi connectivity index (χ0v) is 14.4. The first-order chi connectivity index (χ1) is 12.1. The van der Waals surface area contributed by atoms with Crippen molar-refractivity contribution in [2.45, 2.75) is 13.0 Å². The lowest BCUT2D eigenvalue weighted by molar-refractivity contribution is -0.127. The molecule has 3 rings (SSSR count). The summed E-state index contributed by atoms with van der Waals surface area (Å²) in [6.07, 6.45) is 0.959. The number of hydrogen-bond acceptors (Lipinski definition) is 3. The highest BCUT2D eigenvalue weighted by molar-refractivity contribution is 6.30. The summed E-state index contributed by atoms with van der Waals surface area (Å²) in [5.74, 6) is 0.247. The number of fused-ring (bicyclic) bond motifs is 1. The van der Waals surface area contributed by atoms with Crippen molar-refractivity contribution in [3.63, 3.8) is 0 Å². The first-order valence-corrected chi connectivity index (χ1v) is 8.24. The molecule has 0 aliphatic heterocycles. The van der Waals surface area contributed by atoms with E-state index in [0.29, 0.717) is 10.8 Å². The van der Waals surface area contributed by atoms with E-state index in [2.05, 4.69) is 10.5 Å². The number of nitrogens with one attached hydrogen (secondary N) is 1. The van der Waals surface area contributed by atoms with Gasteiger partial charge in [-0.1, -0.05) is 54.1 Å². The van der Waals surface area contributed by atoms with E-state index in [0.717, 1.165) is 16.3 Å². The maximum absolute atomic E-state index is 12.1. The molecule has 0 aliphatic rings. The summed E-state index contributed by atoms with van der Waals surface area (Å²) in [4.78, 5) is 12.1. The molecular formula is C20H17ClN2O2. The van der Waals surface area contributed by atoms with Crippen LogP contribution in [0.25, 0.3) is 10.8 Å². The molecule has 4 nitrogen and oxygen atoms in total. The van der Waals surface area contributed by atoms with E-state index in [4.69, 9.17) is 16.3 Å². The minimum Gasteiger partial charge on any atom is -0.481 e. The van der Waals surface area contributed by atoms with Crippen molar-refractivity contribution in [1.82, 2.24) is 5.43 Å². The molecule has 3 aromatic carbocycles. The summed E-state index contributed by atoms with van der Waals surface area (Å²) in [5.41, 5.74) is 3.44.